The van der Waals surface area contributed by atoms with Crippen LogP contribution in [-0.2, 0) is 0 Å². The van der Waals surface area contributed by atoms with Crippen molar-refractivity contribution in [2.75, 3.05) is 0 Å². The number of halogens is 3. The molecule has 5 heteroatoms. The second-order valence-corrected chi connectivity index (χ2v) is 4.10. The lowest BCUT2D eigenvalue weighted by molar-refractivity contribution is 0.226. The first-order chi connectivity index (χ1) is 7.65. The molecule has 0 bridgehead atoms. The van der Waals surface area contributed by atoms with E-state index in [1.54, 1.807) is 0 Å². The summed E-state index contributed by atoms with van der Waals surface area (Å²) in [4.78, 5) is 0. The molecule has 0 amide bonds. The first kappa shape index (κ1) is 11.4. The van der Waals surface area contributed by atoms with Crippen molar-refractivity contribution in [3.05, 3.63) is 35.1 Å². The summed E-state index contributed by atoms with van der Waals surface area (Å²) < 4.78 is 39.3. The number of hydrazine groups is 1. The second-order valence-electron chi connectivity index (χ2n) is 4.10. The van der Waals surface area contributed by atoms with Crippen LogP contribution in [0.2, 0.25) is 0 Å². The molecular formula is C11H13F3N2. The molecule has 1 aromatic carbocycles. The van der Waals surface area contributed by atoms with Gasteiger partial charge >= 0.3 is 0 Å². The van der Waals surface area contributed by atoms with E-state index in [2.05, 4.69) is 5.43 Å². The van der Waals surface area contributed by atoms with Gasteiger partial charge in [-0.25, -0.2) is 13.2 Å². The average molecular weight is 230 g/mol. The van der Waals surface area contributed by atoms with Crippen LogP contribution >= 0.6 is 0 Å². The molecule has 0 spiro atoms. The Kier molecular flexibility index (Phi) is 3.16. The molecule has 0 radical (unpaired) electrons. The molecule has 1 atom stereocenters. The normalized spacial score (nSPS) is 18.2. The zero-order valence-corrected chi connectivity index (χ0v) is 8.64. The number of rotatable bonds is 3. The van der Waals surface area contributed by atoms with Crippen molar-refractivity contribution in [2.45, 2.75) is 25.3 Å². The largest absolute Gasteiger partial charge is 0.271 e. The van der Waals surface area contributed by atoms with Crippen molar-refractivity contribution in [1.29, 1.82) is 0 Å². The van der Waals surface area contributed by atoms with Crippen LogP contribution in [0, 0.1) is 23.4 Å². The molecule has 2 nitrogen and oxygen atoms in total. The van der Waals surface area contributed by atoms with Gasteiger partial charge in [0.25, 0.3) is 0 Å². The lowest BCUT2D eigenvalue weighted by atomic mass is 9.77. The van der Waals surface area contributed by atoms with Crippen LogP contribution in [0.25, 0.3) is 0 Å². The van der Waals surface area contributed by atoms with Crippen LogP contribution in [0.1, 0.15) is 30.9 Å². The molecule has 0 heterocycles. The van der Waals surface area contributed by atoms with Crippen LogP contribution in [0.4, 0.5) is 13.2 Å². The summed E-state index contributed by atoms with van der Waals surface area (Å²) in [6, 6.07) is 1.73. The minimum absolute atomic E-state index is 0.103. The van der Waals surface area contributed by atoms with Crippen molar-refractivity contribution < 1.29 is 13.2 Å². The highest BCUT2D eigenvalue weighted by atomic mass is 19.2. The standard InChI is InChI=1S/C11H13F3N2/c12-8-5-4-7(9(13)10(8)14)11(16-15)6-2-1-3-6/h4-6,11,16H,1-3,15H2. The summed E-state index contributed by atoms with van der Waals surface area (Å²) in [6.45, 7) is 0. The maximum atomic E-state index is 13.5. The van der Waals surface area contributed by atoms with Gasteiger partial charge in [-0.05, 0) is 24.8 Å². The van der Waals surface area contributed by atoms with Gasteiger partial charge < -0.3 is 0 Å². The van der Waals surface area contributed by atoms with Gasteiger partial charge in [0.05, 0.1) is 6.04 Å². The van der Waals surface area contributed by atoms with E-state index in [0.29, 0.717) is 0 Å². The summed E-state index contributed by atoms with van der Waals surface area (Å²) >= 11 is 0. The van der Waals surface area contributed by atoms with E-state index in [0.717, 1.165) is 25.3 Å². The Morgan fingerprint density at radius 1 is 1.19 bits per heavy atom. The van der Waals surface area contributed by atoms with Gasteiger partial charge in [0, 0.05) is 5.56 Å². The molecule has 1 saturated carbocycles. The van der Waals surface area contributed by atoms with Gasteiger partial charge in [-0.2, -0.15) is 0 Å². The molecule has 1 aromatic rings. The smallest absolute Gasteiger partial charge is 0.194 e. The average Bonchev–Trinajstić information content (AvgIpc) is 2.21. The van der Waals surface area contributed by atoms with Gasteiger partial charge in [0.2, 0.25) is 0 Å². The molecule has 0 saturated heterocycles. The molecular weight excluding hydrogens is 217 g/mol. The number of hydrogen-bond acceptors (Lipinski definition) is 2. The fraction of sp³-hybridized carbons (Fsp3) is 0.455. The Balaban J connectivity index is 2.34. The Labute approximate surface area is 91.6 Å². The molecule has 2 rings (SSSR count). The number of nitrogens with two attached hydrogens (primary N) is 1. The van der Waals surface area contributed by atoms with Gasteiger partial charge in [-0.15, -0.1) is 0 Å². The van der Waals surface area contributed by atoms with Crippen molar-refractivity contribution in [3.8, 4) is 0 Å². The second kappa shape index (κ2) is 4.43. The summed E-state index contributed by atoms with van der Waals surface area (Å²) in [7, 11) is 0. The molecule has 1 fully saturated rings. The fourth-order valence-corrected chi connectivity index (χ4v) is 2.03. The van der Waals surface area contributed by atoms with Crippen LogP contribution in [0.5, 0.6) is 0 Å². The fourth-order valence-electron chi connectivity index (χ4n) is 2.03. The first-order valence-corrected chi connectivity index (χ1v) is 5.24. The molecule has 1 aliphatic carbocycles. The predicted molar refractivity (Wildman–Crippen MR) is 53.7 cm³/mol. The summed E-state index contributed by atoms with van der Waals surface area (Å²) in [5.41, 5.74) is 2.58. The van der Waals surface area contributed by atoms with Crippen molar-refractivity contribution in [3.63, 3.8) is 0 Å². The summed E-state index contributed by atoms with van der Waals surface area (Å²) in [5, 5.41) is 0. The van der Waals surface area contributed by atoms with Crippen molar-refractivity contribution in [2.24, 2.45) is 11.8 Å². The van der Waals surface area contributed by atoms with E-state index < -0.39 is 23.5 Å². The lowest BCUT2D eigenvalue weighted by Gasteiger charge is -2.33. The zero-order valence-electron chi connectivity index (χ0n) is 8.64. The van der Waals surface area contributed by atoms with E-state index in [1.807, 2.05) is 0 Å². The number of hydrogen-bond donors (Lipinski definition) is 2. The third-order valence-electron chi connectivity index (χ3n) is 3.20. The van der Waals surface area contributed by atoms with E-state index >= 15 is 0 Å². The molecule has 3 N–H and O–H groups in total. The predicted octanol–water partition coefficient (Wildman–Crippen LogP) is 2.41. The monoisotopic (exact) mass is 230 g/mol. The quantitative estimate of drug-likeness (QED) is 0.475. The first-order valence-electron chi connectivity index (χ1n) is 5.24. The number of benzene rings is 1. The van der Waals surface area contributed by atoms with E-state index in [1.165, 1.54) is 6.07 Å². The van der Waals surface area contributed by atoms with E-state index in [4.69, 9.17) is 5.84 Å². The topological polar surface area (TPSA) is 38.0 Å². The summed E-state index contributed by atoms with van der Waals surface area (Å²) in [6.07, 6.45) is 2.91. The minimum atomic E-state index is -1.43. The van der Waals surface area contributed by atoms with Crippen LogP contribution in [0.15, 0.2) is 12.1 Å². The van der Waals surface area contributed by atoms with Crippen LogP contribution in [-0.4, -0.2) is 0 Å². The molecule has 0 aromatic heterocycles. The maximum absolute atomic E-state index is 13.5. The van der Waals surface area contributed by atoms with Crippen molar-refractivity contribution >= 4 is 0 Å². The van der Waals surface area contributed by atoms with Gasteiger partial charge in [0.15, 0.2) is 17.5 Å². The molecule has 1 unspecified atom stereocenters. The van der Waals surface area contributed by atoms with Gasteiger partial charge in [0.1, 0.15) is 0 Å². The third-order valence-corrected chi connectivity index (χ3v) is 3.20. The van der Waals surface area contributed by atoms with E-state index in [-0.39, 0.29) is 11.5 Å². The minimum Gasteiger partial charge on any atom is -0.271 e. The Hall–Kier alpha value is -1.07. The van der Waals surface area contributed by atoms with Crippen LogP contribution < -0.4 is 11.3 Å². The van der Waals surface area contributed by atoms with Crippen LogP contribution in [0.3, 0.4) is 0 Å². The van der Waals surface area contributed by atoms with Gasteiger partial charge in [-0.1, -0.05) is 12.5 Å². The van der Waals surface area contributed by atoms with Gasteiger partial charge in [-0.3, -0.25) is 11.3 Å². The SMILES string of the molecule is NNC(c1ccc(F)c(F)c1F)C1CCC1. The molecule has 0 aliphatic heterocycles. The highest BCUT2D eigenvalue weighted by Crippen LogP contribution is 2.38. The Bertz CT molecular complexity index is 391. The lowest BCUT2D eigenvalue weighted by Crippen LogP contribution is -2.37. The molecule has 88 valence electrons. The molecule has 1 aliphatic rings. The van der Waals surface area contributed by atoms with E-state index in [9.17, 15) is 13.2 Å². The summed E-state index contributed by atoms with van der Waals surface area (Å²) in [5.74, 6) is 1.79. The highest BCUT2D eigenvalue weighted by molar-refractivity contribution is 5.24. The Morgan fingerprint density at radius 3 is 2.38 bits per heavy atom. The third kappa shape index (κ3) is 1.81. The van der Waals surface area contributed by atoms with Crippen molar-refractivity contribution in [1.82, 2.24) is 5.43 Å². The highest BCUT2D eigenvalue weighted by Gasteiger charge is 2.30. The molecule has 16 heavy (non-hydrogen) atoms. The zero-order chi connectivity index (χ0) is 11.7. The maximum Gasteiger partial charge on any atom is 0.194 e. The Morgan fingerprint density at radius 2 is 1.88 bits per heavy atom. The number of nitrogens with one attached hydrogen (secondary N) is 1.